The summed E-state index contributed by atoms with van der Waals surface area (Å²) in [7, 11) is 3.32. The maximum Gasteiger partial charge on any atom is 0.174 e. The van der Waals surface area contributed by atoms with E-state index < -0.39 is 0 Å². The molecule has 0 atom stereocenters. The van der Waals surface area contributed by atoms with Crippen molar-refractivity contribution in [2.24, 2.45) is 0 Å². The zero-order chi connectivity index (χ0) is 20.6. The largest absolute Gasteiger partial charge is 0.497 e. The Labute approximate surface area is 185 Å². The lowest BCUT2D eigenvalue weighted by atomic mass is 10.1. The van der Waals surface area contributed by atoms with E-state index in [4.69, 9.17) is 21.7 Å². The molecule has 0 radical (unpaired) electrons. The SMILES string of the molecule is COc1ccc(CN(Cc2ccc(Br)cc2)C(=S)Nc2ccc(OC)cc2)cc1. The van der Waals surface area contributed by atoms with E-state index in [9.17, 15) is 0 Å². The zero-order valence-electron chi connectivity index (χ0n) is 16.4. The predicted octanol–water partition coefficient (Wildman–Crippen LogP) is 5.87. The van der Waals surface area contributed by atoms with Gasteiger partial charge in [-0.15, -0.1) is 0 Å². The highest BCUT2D eigenvalue weighted by molar-refractivity contribution is 9.10. The van der Waals surface area contributed by atoms with Gasteiger partial charge in [0, 0.05) is 23.2 Å². The van der Waals surface area contributed by atoms with E-state index in [1.54, 1.807) is 14.2 Å². The molecule has 0 aliphatic rings. The molecule has 4 nitrogen and oxygen atoms in total. The lowest BCUT2D eigenvalue weighted by Gasteiger charge is -2.26. The van der Waals surface area contributed by atoms with Gasteiger partial charge in [-0.25, -0.2) is 0 Å². The molecule has 0 saturated heterocycles. The first-order valence-electron chi connectivity index (χ1n) is 9.15. The quantitative estimate of drug-likeness (QED) is 0.437. The fourth-order valence-electron chi connectivity index (χ4n) is 2.84. The lowest BCUT2D eigenvalue weighted by Crippen LogP contribution is -2.33. The molecule has 3 rings (SSSR count). The number of rotatable bonds is 7. The Balaban J connectivity index is 1.77. The Hall–Kier alpha value is -2.57. The van der Waals surface area contributed by atoms with Crippen molar-refractivity contribution in [1.29, 1.82) is 0 Å². The van der Waals surface area contributed by atoms with Crippen LogP contribution in [0.1, 0.15) is 11.1 Å². The van der Waals surface area contributed by atoms with Gasteiger partial charge in [-0.1, -0.05) is 40.2 Å². The summed E-state index contributed by atoms with van der Waals surface area (Å²) in [6.07, 6.45) is 0. The predicted molar refractivity (Wildman–Crippen MR) is 126 cm³/mol. The Morgan fingerprint density at radius 3 is 1.72 bits per heavy atom. The Bertz CT molecular complexity index is 929. The van der Waals surface area contributed by atoms with E-state index in [0.29, 0.717) is 18.2 Å². The molecule has 0 fully saturated rings. The molecule has 0 spiro atoms. The number of hydrogen-bond acceptors (Lipinski definition) is 3. The van der Waals surface area contributed by atoms with Crippen molar-refractivity contribution >= 4 is 38.9 Å². The summed E-state index contributed by atoms with van der Waals surface area (Å²) in [5.41, 5.74) is 3.26. The molecule has 0 aliphatic carbocycles. The smallest absolute Gasteiger partial charge is 0.174 e. The minimum atomic E-state index is 0.661. The number of methoxy groups -OCH3 is 2. The molecule has 0 bridgehead atoms. The van der Waals surface area contributed by atoms with Crippen LogP contribution in [0.5, 0.6) is 11.5 Å². The number of anilines is 1. The standard InChI is InChI=1S/C23H23BrN2O2S/c1-27-21-11-5-18(6-12-21)16-26(15-17-3-7-19(24)8-4-17)23(29)25-20-9-13-22(28-2)14-10-20/h3-14H,15-16H2,1-2H3,(H,25,29). The van der Waals surface area contributed by atoms with Crippen molar-refractivity contribution in [3.8, 4) is 11.5 Å². The van der Waals surface area contributed by atoms with Gasteiger partial charge in [0.2, 0.25) is 0 Å². The van der Waals surface area contributed by atoms with Gasteiger partial charge in [-0.3, -0.25) is 0 Å². The Kier molecular flexibility index (Phi) is 7.49. The summed E-state index contributed by atoms with van der Waals surface area (Å²) in [6, 6.07) is 24.1. The lowest BCUT2D eigenvalue weighted by molar-refractivity contribution is 0.407. The number of nitrogens with one attached hydrogen (secondary N) is 1. The third-order valence-corrected chi connectivity index (χ3v) is 5.34. The van der Waals surface area contributed by atoms with Crippen LogP contribution in [0.2, 0.25) is 0 Å². The fourth-order valence-corrected chi connectivity index (χ4v) is 3.35. The van der Waals surface area contributed by atoms with E-state index in [0.717, 1.165) is 27.2 Å². The van der Waals surface area contributed by atoms with Crippen molar-refractivity contribution in [2.45, 2.75) is 13.1 Å². The van der Waals surface area contributed by atoms with Crippen LogP contribution in [-0.2, 0) is 13.1 Å². The second kappa shape index (κ2) is 10.3. The van der Waals surface area contributed by atoms with Gasteiger partial charge in [0.1, 0.15) is 11.5 Å². The molecular formula is C23H23BrN2O2S. The first-order chi connectivity index (χ1) is 14.1. The van der Waals surface area contributed by atoms with Crippen LogP contribution in [0.25, 0.3) is 0 Å². The van der Waals surface area contributed by atoms with E-state index >= 15 is 0 Å². The highest BCUT2D eigenvalue weighted by atomic mass is 79.9. The van der Waals surface area contributed by atoms with Crippen molar-refractivity contribution in [3.05, 3.63) is 88.4 Å². The van der Waals surface area contributed by atoms with E-state index in [1.165, 1.54) is 5.56 Å². The molecular weight excluding hydrogens is 448 g/mol. The minimum absolute atomic E-state index is 0.661. The van der Waals surface area contributed by atoms with Crippen LogP contribution < -0.4 is 14.8 Å². The molecule has 0 saturated carbocycles. The van der Waals surface area contributed by atoms with Crippen LogP contribution in [0.3, 0.4) is 0 Å². The van der Waals surface area contributed by atoms with Crippen molar-refractivity contribution in [2.75, 3.05) is 19.5 Å². The maximum absolute atomic E-state index is 5.74. The van der Waals surface area contributed by atoms with Crippen molar-refractivity contribution in [1.82, 2.24) is 4.90 Å². The minimum Gasteiger partial charge on any atom is -0.497 e. The molecule has 0 heterocycles. The second-order valence-electron chi connectivity index (χ2n) is 6.49. The summed E-state index contributed by atoms with van der Waals surface area (Å²) in [5, 5.41) is 4.00. The third-order valence-electron chi connectivity index (χ3n) is 4.45. The third kappa shape index (κ3) is 6.21. The molecule has 1 N–H and O–H groups in total. The van der Waals surface area contributed by atoms with E-state index in [-0.39, 0.29) is 0 Å². The highest BCUT2D eigenvalue weighted by Gasteiger charge is 2.12. The molecule has 3 aromatic carbocycles. The van der Waals surface area contributed by atoms with Crippen LogP contribution in [0.4, 0.5) is 5.69 Å². The number of hydrogen-bond donors (Lipinski definition) is 1. The van der Waals surface area contributed by atoms with Gasteiger partial charge in [0.25, 0.3) is 0 Å². The van der Waals surface area contributed by atoms with Crippen LogP contribution in [0.15, 0.2) is 77.3 Å². The topological polar surface area (TPSA) is 33.7 Å². The number of nitrogens with zero attached hydrogens (tertiary/aromatic N) is 1. The summed E-state index contributed by atoms with van der Waals surface area (Å²) >= 11 is 9.23. The van der Waals surface area contributed by atoms with Gasteiger partial charge in [0.05, 0.1) is 14.2 Å². The first kappa shape index (κ1) is 21.1. The van der Waals surface area contributed by atoms with Crippen LogP contribution in [-0.4, -0.2) is 24.2 Å². The number of halogens is 1. The van der Waals surface area contributed by atoms with Crippen LogP contribution >= 0.6 is 28.1 Å². The van der Waals surface area contributed by atoms with Gasteiger partial charge in [0.15, 0.2) is 5.11 Å². The molecule has 0 aromatic heterocycles. The van der Waals surface area contributed by atoms with Crippen molar-refractivity contribution < 1.29 is 9.47 Å². The Morgan fingerprint density at radius 1 is 0.793 bits per heavy atom. The average molecular weight is 471 g/mol. The molecule has 29 heavy (non-hydrogen) atoms. The summed E-state index contributed by atoms with van der Waals surface area (Å²) < 4.78 is 11.5. The Morgan fingerprint density at radius 2 is 1.24 bits per heavy atom. The monoisotopic (exact) mass is 470 g/mol. The molecule has 0 aliphatic heterocycles. The van der Waals surface area contributed by atoms with Gasteiger partial charge in [-0.05, 0) is 71.9 Å². The highest BCUT2D eigenvalue weighted by Crippen LogP contribution is 2.19. The van der Waals surface area contributed by atoms with Gasteiger partial charge >= 0.3 is 0 Å². The molecule has 150 valence electrons. The van der Waals surface area contributed by atoms with Crippen molar-refractivity contribution in [3.63, 3.8) is 0 Å². The molecule has 0 unspecified atom stereocenters. The first-order valence-corrected chi connectivity index (χ1v) is 10.3. The van der Waals surface area contributed by atoms with E-state index in [1.807, 2.05) is 48.5 Å². The second-order valence-corrected chi connectivity index (χ2v) is 7.79. The molecule has 6 heteroatoms. The average Bonchev–Trinajstić information content (AvgIpc) is 2.76. The zero-order valence-corrected chi connectivity index (χ0v) is 18.8. The van der Waals surface area contributed by atoms with E-state index in [2.05, 4.69) is 50.4 Å². The summed E-state index contributed by atoms with van der Waals surface area (Å²) in [4.78, 5) is 2.14. The van der Waals surface area contributed by atoms with Gasteiger partial charge in [-0.2, -0.15) is 0 Å². The number of thiocarbonyl (C=S) groups is 1. The normalized spacial score (nSPS) is 10.3. The summed E-state index contributed by atoms with van der Waals surface area (Å²) in [6.45, 7) is 1.38. The summed E-state index contributed by atoms with van der Waals surface area (Å²) in [5.74, 6) is 1.65. The molecule has 0 amide bonds. The molecule has 3 aromatic rings. The fraction of sp³-hybridized carbons (Fsp3) is 0.174. The van der Waals surface area contributed by atoms with Gasteiger partial charge < -0.3 is 19.7 Å². The van der Waals surface area contributed by atoms with Crippen LogP contribution in [0, 0.1) is 0 Å². The number of benzene rings is 3. The number of ether oxygens (including phenoxy) is 2. The maximum atomic E-state index is 5.74.